The molecule has 1 aromatic heterocycles. The Bertz CT molecular complexity index is 1400. The second kappa shape index (κ2) is 8.58. The van der Waals surface area contributed by atoms with Gasteiger partial charge in [0, 0.05) is 22.7 Å². The number of aliphatic imine (C=N–C) groups is 1. The Balaban J connectivity index is 1.61. The molecule has 1 fully saturated rings. The molecule has 0 bridgehead atoms. The molecule has 0 spiro atoms. The molecule has 0 aliphatic carbocycles. The zero-order chi connectivity index (χ0) is 21.9. The first-order chi connectivity index (χ1) is 15.7. The number of nitriles is 1. The first-order valence-electron chi connectivity index (χ1n) is 10.1. The lowest BCUT2D eigenvalue weighted by Gasteiger charge is -2.15. The third-order valence-electron chi connectivity index (χ3n) is 5.15. The number of carbonyl (C=O) groups is 1. The van der Waals surface area contributed by atoms with Crippen LogP contribution in [0.5, 0.6) is 0 Å². The van der Waals surface area contributed by atoms with E-state index in [-0.39, 0.29) is 12.5 Å². The smallest absolute Gasteiger partial charge is 0.271 e. The van der Waals surface area contributed by atoms with Crippen LogP contribution in [0, 0.1) is 11.3 Å². The number of aromatic nitrogens is 1. The van der Waals surface area contributed by atoms with Crippen molar-refractivity contribution in [1.29, 1.82) is 5.26 Å². The number of anilines is 1. The summed E-state index contributed by atoms with van der Waals surface area (Å²) in [5, 5.41) is 10.8. The summed E-state index contributed by atoms with van der Waals surface area (Å²) in [4.78, 5) is 20.5. The van der Waals surface area contributed by atoms with Crippen molar-refractivity contribution in [3.8, 4) is 6.07 Å². The van der Waals surface area contributed by atoms with Crippen LogP contribution in [0.2, 0.25) is 0 Å². The third kappa shape index (κ3) is 3.70. The van der Waals surface area contributed by atoms with Crippen molar-refractivity contribution in [3.63, 3.8) is 0 Å². The normalized spacial score (nSPS) is 16.2. The monoisotopic (exact) mass is 434 g/mol. The van der Waals surface area contributed by atoms with E-state index >= 15 is 0 Å². The lowest BCUT2D eigenvalue weighted by atomic mass is 10.1. The van der Waals surface area contributed by atoms with Gasteiger partial charge in [0.15, 0.2) is 5.17 Å². The van der Waals surface area contributed by atoms with Crippen molar-refractivity contribution in [1.82, 2.24) is 4.57 Å². The molecule has 0 N–H and O–H groups in total. The number of hydrogen-bond donors (Lipinski definition) is 0. The number of amidine groups is 1. The highest BCUT2D eigenvalue weighted by molar-refractivity contribution is 8.19. The molecule has 2 heterocycles. The molecule has 1 amide bonds. The van der Waals surface area contributed by atoms with Crippen molar-refractivity contribution in [2.75, 3.05) is 4.90 Å². The molecular formula is C26H18N4OS. The predicted molar refractivity (Wildman–Crippen MR) is 131 cm³/mol. The van der Waals surface area contributed by atoms with E-state index in [4.69, 9.17) is 4.99 Å². The van der Waals surface area contributed by atoms with Crippen molar-refractivity contribution < 1.29 is 4.79 Å². The second-order valence-corrected chi connectivity index (χ2v) is 8.21. The Kier molecular flexibility index (Phi) is 5.32. The van der Waals surface area contributed by atoms with Crippen LogP contribution in [0.3, 0.4) is 0 Å². The fourth-order valence-electron chi connectivity index (χ4n) is 3.70. The average molecular weight is 435 g/mol. The van der Waals surface area contributed by atoms with Crippen molar-refractivity contribution in [2.45, 2.75) is 6.54 Å². The van der Waals surface area contributed by atoms with Crippen LogP contribution in [0.15, 0.2) is 101 Å². The zero-order valence-electron chi connectivity index (χ0n) is 17.1. The minimum absolute atomic E-state index is 0.118. The predicted octanol–water partition coefficient (Wildman–Crippen LogP) is 5.97. The molecule has 6 heteroatoms. The van der Waals surface area contributed by atoms with Gasteiger partial charge in [-0.1, -0.05) is 54.6 Å². The highest BCUT2D eigenvalue weighted by Gasteiger charge is 2.34. The Morgan fingerprint density at radius 1 is 0.938 bits per heavy atom. The summed E-state index contributed by atoms with van der Waals surface area (Å²) in [7, 11) is 0. The minimum Gasteiger partial charge on any atom is -0.333 e. The van der Waals surface area contributed by atoms with Crippen LogP contribution in [-0.2, 0) is 11.3 Å². The van der Waals surface area contributed by atoms with Crippen molar-refractivity contribution >= 4 is 51.2 Å². The maximum absolute atomic E-state index is 13.5. The van der Waals surface area contributed by atoms with E-state index in [2.05, 4.69) is 6.07 Å². The fourth-order valence-corrected chi connectivity index (χ4v) is 4.70. The highest BCUT2D eigenvalue weighted by atomic mass is 32.2. The summed E-state index contributed by atoms with van der Waals surface area (Å²) in [5.41, 5.74) is 3.43. The topological polar surface area (TPSA) is 61.4 Å². The number of nitrogens with zero attached hydrogens (tertiary/aromatic N) is 4. The van der Waals surface area contributed by atoms with Gasteiger partial charge < -0.3 is 4.57 Å². The molecule has 1 aliphatic rings. The number of rotatable bonds is 4. The van der Waals surface area contributed by atoms with Gasteiger partial charge in [0.2, 0.25) is 0 Å². The number of carbonyl (C=O) groups excluding carboxylic acids is 1. The maximum atomic E-state index is 13.5. The van der Waals surface area contributed by atoms with Crippen molar-refractivity contribution in [3.05, 3.63) is 102 Å². The zero-order valence-corrected chi connectivity index (χ0v) is 17.9. The van der Waals surface area contributed by atoms with Gasteiger partial charge in [-0.3, -0.25) is 9.69 Å². The molecule has 1 aliphatic heterocycles. The van der Waals surface area contributed by atoms with Gasteiger partial charge in [-0.25, -0.2) is 4.99 Å². The summed E-state index contributed by atoms with van der Waals surface area (Å²) in [6, 6.07) is 29.3. The Hall–Kier alpha value is -4.08. The summed E-state index contributed by atoms with van der Waals surface area (Å²) in [6.07, 6.45) is 3.82. The molecule has 3 aromatic carbocycles. The quantitative estimate of drug-likeness (QED) is 0.372. The van der Waals surface area contributed by atoms with Crippen LogP contribution >= 0.6 is 11.8 Å². The molecule has 154 valence electrons. The summed E-state index contributed by atoms with van der Waals surface area (Å²) in [5.74, 6) is -0.118. The molecule has 0 unspecified atom stereocenters. The van der Waals surface area contributed by atoms with E-state index in [1.165, 1.54) is 11.8 Å². The van der Waals surface area contributed by atoms with Gasteiger partial charge in [-0.15, -0.1) is 0 Å². The van der Waals surface area contributed by atoms with Crippen LogP contribution in [0.25, 0.3) is 17.0 Å². The molecule has 4 aromatic rings. The Morgan fingerprint density at radius 3 is 2.38 bits per heavy atom. The van der Waals surface area contributed by atoms with Gasteiger partial charge in [0.05, 0.1) is 22.3 Å². The number of amides is 1. The van der Waals surface area contributed by atoms with Gasteiger partial charge in [0.1, 0.15) is 6.54 Å². The molecule has 5 nitrogen and oxygen atoms in total. The summed E-state index contributed by atoms with van der Waals surface area (Å²) >= 11 is 1.36. The first kappa shape index (κ1) is 19.9. The van der Waals surface area contributed by atoms with E-state index in [9.17, 15) is 10.1 Å². The van der Waals surface area contributed by atoms with Crippen LogP contribution in [0.1, 0.15) is 5.56 Å². The Morgan fingerprint density at radius 2 is 1.62 bits per heavy atom. The fraction of sp³-hybridized carbons (Fsp3) is 0.0385. The largest absolute Gasteiger partial charge is 0.333 e. The third-order valence-corrected chi connectivity index (χ3v) is 6.12. The van der Waals surface area contributed by atoms with E-state index < -0.39 is 0 Å². The van der Waals surface area contributed by atoms with Crippen molar-refractivity contribution in [2.24, 2.45) is 4.99 Å². The molecular weight excluding hydrogens is 416 g/mol. The Labute approximate surface area is 189 Å². The van der Waals surface area contributed by atoms with Gasteiger partial charge in [-0.2, -0.15) is 5.26 Å². The first-order valence-corrected chi connectivity index (χ1v) is 10.9. The standard InChI is InChI=1S/C26H18N4OS/c27-15-16-29-18-19(22-13-7-8-14-23(22)29)17-24-25(31)30(21-11-5-2-6-12-21)26(32-24)28-20-9-3-1-4-10-20/h1-14,17-18H,16H2/b24-17-,28-26?. The number of fused-ring (bicyclic) bond motifs is 1. The average Bonchev–Trinajstić information content (AvgIpc) is 3.33. The van der Waals surface area contributed by atoms with Crippen LogP contribution in [-0.4, -0.2) is 15.6 Å². The summed E-state index contributed by atoms with van der Waals surface area (Å²) in [6.45, 7) is 0.252. The van der Waals surface area contributed by atoms with Gasteiger partial charge in [-0.05, 0) is 48.2 Å². The molecule has 5 rings (SSSR count). The number of para-hydroxylation sites is 3. The lowest BCUT2D eigenvalue weighted by molar-refractivity contribution is -0.113. The molecule has 0 radical (unpaired) electrons. The molecule has 0 saturated carbocycles. The van der Waals surface area contributed by atoms with E-state index in [1.807, 2.05) is 102 Å². The lowest BCUT2D eigenvalue weighted by Crippen LogP contribution is -2.28. The number of thioether (sulfide) groups is 1. The highest BCUT2D eigenvalue weighted by Crippen LogP contribution is 2.38. The summed E-state index contributed by atoms with van der Waals surface area (Å²) < 4.78 is 1.90. The van der Waals surface area contributed by atoms with E-state index in [0.29, 0.717) is 10.1 Å². The minimum atomic E-state index is -0.118. The van der Waals surface area contributed by atoms with Gasteiger partial charge in [0.25, 0.3) is 5.91 Å². The molecule has 1 saturated heterocycles. The maximum Gasteiger partial charge on any atom is 0.271 e. The molecule has 32 heavy (non-hydrogen) atoms. The molecule has 0 atom stereocenters. The SMILES string of the molecule is N#CCn1cc(/C=C2\SC(=Nc3ccccc3)N(c3ccccc3)C2=O)c2ccccc21. The van der Waals surface area contributed by atoms with E-state index in [0.717, 1.165) is 27.8 Å². The van der Waals surface area contributed by atoms with Gasteiger partial charge >= 0.3 is 0 Å². The number of hydrogen-bond acceptors (Lipinski definition) is 4. The number of benzene rings is 3. The second-order valence-electron chi connectivity index (χ2n) is 7.20. The van der Waals surface area contributed by atoms with E-state index in [1.54, 1.807) is 4.90 Å². The van der Waals surface area contributed by atoms with Crippen LogP contribution < -0.4 is 4.90 Å². The van der Waals surface area contributed by atoms with Crippen LogP contribution in [0.4, 0.5) is 11.4 Å².